The summed E-state index contributed by atoms with van der Waals surface area (Å²) in [5.41, 5.74) is 3.91. The number of aliphatic hydroxyl groups is 1. The van der Waals surface area contributed by atoms with Crippen LogP contribution in [0.5, 0.6) is 0 Å². The van der Waals surface area contributed by atoms with Crippen LogP contribution in [0.15, 0.2) is 115 Å². The standard InChI is InChI=1S/C32H32FN3O2/c33-29-18-16-28(17-19-29)21-34-24-31(37)30(20-25-10-4-1-5-11-25)35(22-26-12-6-2-7-13-26)32(38)36(34)23-27-14-8-3-9-15-27/h1-19,30-31,37H,20-24H2/t30-,31-/m0/s1. The van der Waals surface area contributed by atoms with Gasteiger partial charge in [0.05, 0.1) is 18.7 Å². The minimum Gasteiger partial charge on any atom is -0.390 e. The van der Waals surface area contributed by atoms with Gasteiger partial charge in [-0.3, -0.25) is 5.01 Å². The van der Waals surface area contributed by atoms with Crippen LogP contribution in [-0.2, 0) is 26.1 Å². The number of urea groups is 1. The van der Waals surface area contributed by atoms with Gasteiger partial charge in [-0.05, 0) is 40.8 Å². The molecule has 38 heavy (non-hydrogen) atoms. The summed E-state index contributed by atoms with van der Waals surface area (Å²) < 4.78 is 13.6. The molecule has 1 N–H and O–H groups in total. The molecule has 1 fully saturated rings. The van der Waals surface area contributed by atoms with Gasteiger partial charge in [0.25, 0.3) is 0 Å². The Morgan fingerprint density at radius 2 is 1.16 bits per heavy atom. The largest absolute Gasteiger partial charge is 0.390 e. The Hall–Kier alpha value is -4.00. The average molecular weight is 510 g/mol. The average Bonchev–Trinajstić information content (AvgIpc) is 3.03. The number of benzene rings is 4. The molecule has 1 aliphatic heterocycles. The number of amides is 2. The summed E-state index contributed by atoms with van der Waals surface area (Å²) in [7, 11) is 0. The minimum atomic E-state index is -0.802. The Morgan fingerprint density at radius 1 is 0.658 bits per heavy atom. The Kier molecular flexibility index (Phi) is 8.12. The highest BCUT2D eigenvalue weighted by atomic mass is 19.1. The molecule has 0 spiro atoms. The number of rotatable bonds is 8. The summed E-state index contributed by atoms with van der Waals surface area (Å²) in [4.78, 5) is 16.2. The lowest BCUT2D eigenvalue weighted by molar-refractivity contribution is -0.0213. The van der Waals surface area contributed by atoms with E-state index in [1.807, 2.05) is 96.0 Å². The first-order valence-corrected chi connectivity index (χ1v) is 12.9. The van der Waals surface area contributed by atoms with E-state index in [0.717, 1.165) is 22.3 Å². The van der Waals surface area contributed by atoms with E-state index in [4.69, 9.17) is 0 Å². The number of hydrogen-bond donors (Lipinski definition) is 1. The molecule has 0 aromatic heterocycles. The molecule has 4 aromatic rings. The smallest absolute Gasteiger partial charge is 0.335 e. The highest BCUT2D eigenvalue weighted by molar-refractivity contribution is 5.75. The lowest BCUT2D eigenvalue weighted by atomic mass is 9.99. The Labute approximate surface area is 223 Å². The number of aliphatic hydroxyl groups excluding tert-OH is 1. The lowest BCUT2D eigenvalue weighted by Crippen LogP contribution is -2.51. The van der Waals surface area contributed by atoms with Crippen molar-refractivity contribution in [2.75, 3.05) is 6.54 Å². The predicted octanol–water partition coefficient (Wildman–Crippen LogP) is 5.65. The fourth-order valence-corrected chi connectivity index (χ4v) is 5.00. The van der Waals surface area contributed by atoms with Crippen molar-refractivity contribution in [3.63, 3.8) is 0 Å². The van der Waals surface area contributed by atoms with E-state index in [1.54, 1.807) is 22.0 Å². The molecule has 5 nitrogen and oxygen atoms in total. The van der Waals surface area contributed by atoms with Gasteiger partial charge in [0.2, 0.25) is 0 Å². The summed E-state index contributed by atoms with van der Waals surface area (Å²) in [6, 6.07) is 35.4. The molecule has 0 saturated carbocycles. The van der Waals surface area contributed by atoms with Gasteiger partial charge in [-0.1, -0.05) is 103 Å². The van der Waals surface area contributed by atoms with Crippen LogP contribution in [0.4, 0.5) is 9.18 Å². The number of carbonyl (C=O) groups excluding carboxylic acids is 1. The van der Waals surface area contributed by atoms with Crippen molar-refractivity contribution in [3.8, 4) is 0 Å². The number of carbonyl (C=O) groups is 1. The zero-order chi connectivity index (χ0) is 26.3. The fraction of sp³-hybridized carbons (Fsp3) is 0.219. The van der Waals surface area contributed by atoms with Crippen molar-refractivity contribution in [2.45, 2.75) is 38.2 Å². The normalized spacial score (nSPS) is 18.4. The first-order chi connectivity index (χ1) is 18.6. The maximum Gasteiger partial charge on any atom is 0.335 e. The Balaban J connectivity index is 1.53. The molecule has 1 aliphatic rings. The van der Waals surface area contributed by atoms with Gasteiger partial charge in [-0.25, -0.2) is 14.2 Å². The predicted molar refractivity (Wildman–Crippen MR) is 146 cm³/mol. The van der Waals surface area contributed by atoms with Crippen molar-refractivity contribution >= 4 is 6.03 Å². The van der Waals surface area contributed by atoms with Crippen LogP contribution in [-0.4, -0.2) is 44.7 Å². The van der Waals surface area contributed by atoms with Gasteiger partial charge in [0.1, 0.15) is 5.82 Å². The quantitative estimate of drug-likeness (QED) is 0.334. The highest BCUT2D eigenvalue weighted by Gasteiger charge is 2.40. The summed E-state index contributed by atoms with van der Waals surface area (Å²) in [6.07, 6.45) is -0.270. The lowest BCUT2D eigenvalue weighted by Gasteiger charge is -2.36. The van der Waals surface area contributed by atoms with E-state index in [9.17, 15) is 14.3 Å². The Bertz CT molecular complexity index is 1300. The second-order valence-electron chi connectivity index (χ2n) is 9.74. The van der Waals surface area contributed by atoms with Crippen molar-refractivity contribution in [1.82, 2.24) is 14.9 Å². The Morgan fingerprint density at radius 3 is 1.74 bits per heavy atom. The SMILES string of the molecule is O=C1N(Cc2ccccc2)[C@@H](Cc2ccccc2)[C@@H](O)CN(Cc2ccc(F)cc2)N1Cc1ccccc1. The second kappa shape index (κ2) is 12.0. The molecule has 0 aliphatic carbocycles. The van der Waals surface area contributed by atoms with Gasteiger partial charge in [0, 0.05) is 19.6 Å². The topological polar surface area (TPSA) is 47.0 Å². The zero-order valence-electron chi connectivity index (χ0n) is 21.2. The van der Waals surface area contributed by atoms with E-state index in [2.05, 4.69) is 0 Å². The van der Waals surface area contributed by atoms with Crippen LogP contribution in [0.1, 0.15) is 22.3 Å². The van der Waals surface area contributed by atoms with E-state index in [-0.39, 0.29) is 18.4 Å². The van der Waals surface area contributed by atoms with Crippen LogP contribution in [0.2, 0.25) is 0 Å². The summed E-state index contributed by atoms with van der Waals surface area (Å²) in [6.45, 7) is 1.37. The van der Waals surface area contributed by atoms with Crippen molar-refractivity contribution in [2.24, 2.45) is 0 Å². The van der Waals surface area contributed by atoms with Gasteiger partial charge in [-0.2, -0.15) is 0 Å². The molecule has 1 heterocycles. The fourth-order valence-electron chi connectivity index (χ4n) is 5.00. The van der Waals surface area contributed by atoms with E-state index >= 15 is 0 Å². The minimum absolute atomic E-state index is 0.169. The molecule has 194 valence electrons. The maximum absolute atomic E-state index is 14.4. The molecule has 0 unspecified atom stereocenters. The third-order valence-corrected chi connectivity index (χ3v) is 6.99. The number of nitrogens with zero attached hydrogens (tertiary/aromatic N) is 3. The highest BCUT2D eigenvalue weighted by Crippen LogP contribution is 2.26. The van der Waals surface area contributed by atoms with Crippen LogP contribution in [0, 0.1) is 5.82 Å². The third-order valence-electron chi connectivity index (χ3n) is 6.99. The zero-order valence-corrected chi connectivity index (χ0v) is 21.2. The molecule has 5 rings (SSSR count). The second-order valence-corrected chi connectivity index (χ2v) is 9.74. The maximum atomic E-state index is 14.4. The summed E-state index contributed by atoms with van der Waals surface area (Å²) >= 11 is 0. The van der Waals surface area contributed by atoms with E-state index in [0.29, 0.717) is 26.1 Å². The number of β-amino-alcohol motifs (C(OH)–C–C–N with tert-alkyl or cyclic N) is 1. The van der Waals surface area contributed by atoms with Crippen LogP contribution in [0.3, 0.4) is 0 Å². The van der Waals surface area contributed by atoms with Crippen molar-refractivity contribution in [1.29, 1.82) is 0 Å². The first-order valence-electron chi connectivity index (χ1n) is 12.9. The van der Waals surface area contributed by atoms with Crippen LogP contribution < -0.4 is 0 Å². The van der Waals surface area contributed by atoms with Gasteiger partial charge >= 0.3 is 6.03 Å². The number of hydrogen-bond acceptors (Lipinski definition) is 3. The van der Waals surface area contributed by atoms with Gasteiger partial charge in [-0.15, -0.1) is 0 Å². The van der Waals surface area contributed by atoms with Crippen molar-refractivity contribution < 1.29 is 14.3 Å². The number of hydrazine groups is 1. The molecule has 6 heteroatoms. The molecular formula is C32H32FN3O2. The molecule has 0 bridgehead atoms. The molecule has 0 radical (unpaired) electrons. The molecular weight excluding hydrogens is 477 g/mol. The van der Waals surface area contributed by atoms with E-state index < -0.39 is 12.1 Å². The summed E-state index contributed by atoms with van der Waals surface area (Å²) in [5, 5.41) is 15.3. The van der Waals surface area contributed by atoms with Crippen molar-refractivity contribution in [3.05, 3.63) is 143 Å². The number of halogens is 1. The molecule has 2 atom stereocenters. The van der Waals surface area contributed by atoms with Crippen LogP contribution >= 0.6 is 0 Å². The van der Waals surface area contributed by atoms with Gasteiger partial charge in [0.15, 0.2) is 0 Å². The first kappa shape index (κ1) is 25.6. The monoisotopic (exact) mass is 509 g/mol. The van der Waals surface area contributed by atoms with Crippen LogP contribution in [0.25, 0.3) is 0 Å². The van der Waals surface area contributed by atoms with Gasteiger partial charge < -0.3 is 10.0 Å². The summed E-state index contributed by atoms with van der Waals surface area (Å²) in [5.74, 6) is -0.307. The third kappa shape index (κ3) is 6.28. The van der Waals surface area contributed by atoms with E-state index in [1.165, 1.54) is 12.1 Å². The molecule has 4 aromatic carbocycles. The molecule has 2 amide bonds. The molecule has 1 saturated heterocycles.